The molecule has 0 saturated carbocycles. The second-order valence-corrected chi connectivity index (χ2v) is 3.10. The van der Waals surface area contributed by atoms with Gasteiger partial charge in [-0.3, -0.25) is 0 Å². The Bertz CT molecular complexity index is 94.9. The molecule has 0 aromatic rings. The molecule has 1 fully saturated rings. The van der Waals surface area contributed by atoms with Crippen LogP contribution in [0.5, 0.6) is 0 Å². The summed E-state index contributed by atoms with van der Waals surface area (Å²) < 4.78 is 0. The molecule has 0 aromatic heterocycles. The first kappa shape index (κ1) is 7.03. The van der Waals surface area contributed by atoms with Gasteiger partial charge in [0.1, 0.15) is 0 Å². The van der Waals surface area contributed by atoms with Gasteiger partial charge in [0.05, 0.1) is 6.10 Å². The Morgan fingerprint density at radius 1 is 1.56 bits per heavy atom. The zero-order valence-corrected chi connectivity index (χ0v) is 6.17. The summed E-state index contributed by atoms with van der Waals surface area (Å²) in [4.78, 5) is 2.17. The van der Waals surface area contributed by atoms with E-state index in [0.717, 1.165) is 19.5 Å². The second kappa shape index (κ2) is 2.67. The number of aliphatic hydroxyl groups is 1. The number of aliphatic hydroxyl groups excluding tert-OH is 1. The topological polar surface area (TPSA) is 23.5 Å². The van der Waals surface area contributed by atoms with E-state index in [2.05, 4.69) is 18.9 Å². The highest BCUT2D eigenvalue weighted by Gasteiger charge is 2.21. The summed E-state index contributed by atoms with van der Waals surface area (Å²) in [6.45, 7) is 4.09. The van der Waals surface area contributed by atoms with E-state index in [9.17, 15) is 5.11 Å². The maximum absolute atomic E-state index is 9.31. The van der Waals surface area contributed by atoms with Crippen molar-refractivity contribution < 1.29 is 5.11 Å². The molecule has 2 atom stereocenters. The van der Waals surface area contributed by atoms with E-state index < -0.39 is 0 Å². The van der Waals surface area contributed by atoms with Crippen LogP contribution in [0.3, 0.4) is 0 Å². The van der Waals surface area contributed by atoms with Gasteiger partial charge in [-0.05, 0) is 25.9 Å². The number of likely N-dealkylation sites (tertiary alicyclic amines) is 1. The minimum Gasteiger partial charge on any atom is -0.392 e. The summed E-state index contributed by atoms with van der Waals surface area (Å²) in [5, 5.41) is 9.31. The van der Waals surface area contributed by atoms with Crippen LogP contribution >= 0.6 is 0 Å². The molecule has 0 unspecified atom stereocenters. The molecule has 1 heterocycles. The summed E-state index contributed by atoms with van der Waals surface area (Å²) in [7, 11) is 2.05. The molecule has 2 nitrogen and oxygen atoms in total. The third kappa shape index (κ3) is 1.66. The molecule has 0 aromatic carbocycles. The molecular weight excluding hydrogens is 114 g/mol. The minimum absolute atomic E-state index is 0.0938. The molecular formula is C7H15NO. The standard InChI is InChI=1S/C7H15NO/c1-6-3-4-8(2)5-7(6)9/h6-7,9H,3-5H2,1-2H3/t6-,7-/m1/s1. The van der Waals surface area contributed by atoms with Gasteiger partial charge in [0.25, 0.3) is 0 Å². The van der Waals surface area contributed by atoms with Gasteiger partial charge in [-0.1, -0.05) is 6.92 Å². The molecule has 0 aliphatic carbocycles. The van der Waals surface area contributed by atoms with Crippen molar-refractivity contribution >= 4 is 0 Å². The van der Waals surface area contributed by atoms with E-state index in [1.54, 1.807) is 0 Å². The third-order valence-electron chi connectivity index (χ3n) is 2.12. The Kier molecular flexibility index (Phi) is 2.09. The van der Waals surface area contributed by atoms with Crippen molar-refractivity contribution in [3.05, 3.63) is 0 Å². The fraction of sp³-hybridized carbons (Fsp3) is 1.00. The predicted molar refractivity (Wildman–Crippen MR) is 37.3 cm³/mol. The molecule has 0 bridgehead atoms. The van der Waals surface area contributed by atoms with Crippen LogP contribution in [-0.4, -0.2) is 36.2 Å². The third-order valence-corrected chi connectivity index (χ3v) is 2.12. The molecule has 54 valence electrons. The summed E-state index contributed by atoms with van der Waals surface area (Å²) in [6.07, 6.45) is 1.04. The van der Waals surface area contributed by atoms with Crippen LogP contribution in [0.2, 0.25) is 0 Å². The first-order chi connectivity index (χ1) is 4.20. The van der Waals surface area contributed by atoms with Gasteiger partial charge in [0.15, 0.2) is 0 Å². The van der Waals surface area contributed by atoms with E-state index in [0.29, 0.717) is 5.92 Å². The number of hydrogen-bond donors (Lipinski definition) is 1. The molecule has 2 heteroatoms. The lowest BCUT2D eigenvalue weighted by Gasteiger charge is -2.31. The van der Waals surface area contributed by atoms with Crippen molar-refractivity contribution in [2.45, 2.75) is 19.4 Å². The van der Waals surface area contributed by atoms with Gasteiger partial charge in [-0.15, -0.1) is 0 Å². The lowest BCUT2D eigenvalue weighted by molar-refractivity contribution is 0.0404. The Morgan fingerprint density at radius 3 is 2.67 bits per heavy atom. The lowest BCUT2D eigenvalue weighted by atomic mass is 9.97. The van der Waals surface area contributed by atoms with Gasteiger partial charge in [0.2, 0.25) is 0 Å². The van der Waals surface area contributed by atoms with Crippen LogP contribution in [-0.2, 0) is 0 Å². The van der Waals surface area contributed by atoms with Crippen molar-refractivity contribution in [1.82, 2.24) is 4.90 Å². The van der Waals surface area contributed by atoms with E-state index in [4.69, 9.17) is 0 Å². The highest BCUT2D eigenvalue weighted by molar-refractivity contribution is 4.74. The summed E-state index contributed by atoms with van der Waals surface area (Å²) in [6, 6.07) is 0. The van der Waals surface area contributed by atoms with E-state index in [1.807, 2.05) is 0 Å². The molecule has 1 aliphatic heterocycles. The molecule has 1 saturated heterocycles. The Balaban J connectivity index is 2.35. The molecule has 1 rings (SSSR count). The average Bonchev–Trinajstić information content (AvgIpc) is 1.80. The van der Waals surface area contributed by atoms with Crippen molar-refractivity contribution in [2.75, 3.05) is 20.1 Å². The van der Waals surface area contributed by atoms with Gasteiger partial charge < -0.3 is 10.0 Å². The lowest BCUT2D eigenvalue weighted by Crippen LogP contribution is -2.40. The highest BCUT2D eigenvalue weighted by atomic mass is 16.3. The van der Waals surface area contributed by atoms with Crippen LogP contribution in [0.4, 0.5) is 0 Å². The van der Waals surface area contributed by atoms with Crippen LogP contribution in [0, 0.1) is 5.92 Å². The zero-order valence-electron chi connectivity index (χ0n) is 6.17. The van der Waals surface area contributed by atoms with Crippen molar-refractivity contribution in [1.29, 1.82) is 0 Å². The minimum atomic E-state index is -0.0938. The first-order valence-corrected chi connectivity index (χ1v) is 3.57. The number of likely N-dealkylation sites (N-methyl/N-ethyl adjacent to an activating group) is 1. The molecule has 1 N–H and O–H groups in total. The van der Waals surface area contributed by atoms with Crippen molar-refractivity contribution in [2.24, 2.45) is 5.92 Å². The number of β-amino-alcohol motifs (C(OH)–C–C–N with tert-alkyl or cyclic N) is 1. The highest BCUT2D eigenvalue weighted by Crippen LogP contribution is 2.14. The summed E-state index contributed by atoms with van der Waals surface area (Å²) >= 11 is 0. The van der Waals surface area contributed by atoms with Crippen LogP contribution in [0.1, 0.15) is 13.3 Å². The number of hydrogen-bond acceptors (Lipinski definition) is 2. The summed E-state index contributed by atoms with van der Waals surface area (Å²) in [5.41, 5.74) is 0. The van der Waals surface area contributed by atoms with Crippen LogP contribution in [0.25, 0.3) is 0 Å². The Morgan fingerprint density at radius 2 is 2.22 bits per heavy atom. The smallest absolute Gasteiger partial charge is 0.0692 e. The van der Waals surface area contributed by atoms with Gasteiger partial charge in [-0.2, -0.15) is 0 Å². The van der Waals surface area contributed by atoms with Crippen molar-refractivity contribution in [3.63, 3.8) is 0 Å². The predicted octanol–water partition coefficient (Wildman–Crippen LogP) is 0.319. The van der Waals surface area contributed by atoms with Gasteiger partial charge in [0, 0.05) is 6.54 Å². The first-order valence-electron chi connectivity index (χ1n) is 3.57. The van der Waals surface area contributed by atoms with Crippen LogP contribution < -0.4 is 0 Å². The normalized spacial score (nSPS) is 39.0. The molecule has 9 heavy (non-hydrogen) atoms. The van der Waals surface area contributed by atoms with Crippen LogP contribution in [0.15, 0.2) is 0 Å². The molecule has 1 aliphatic rings. The van der Waals surface area contributed by atoms with E-state index >= 15 is 0 Å². The number of nitrogens with zero attached hydrogens (tertiary/aromatic N) is 1. The molecule has 0 spiro atoms. The fourth-order valence-corrected chi connectivity index (χ4v) is 1.21. The maximum Gasteiger partial charge on any atom is 0.0692 e. The Labute approximate surface area is 56.5 Å². The van der Waals surface area contributed by atoms with Crippen molar-refractivity contribution in [3.8, 4) is 0 Å². The Hall–Kier alpha value is -0.0800. The average molecular weight is 129 g/mol. The SMILES string of the molecule is C[C@@H]1CCN(C)C[C@H]1O. The van der Waals surface area contributed by atoms with Gasteiger partial charge >= 0.3 is 0 Å². The van der Waals surface area contributed by atoms with E-state index in [1.165, 1.54) is 0 Å². The van der Waals surface area contributed by atoms with E-state index in [-0.39, 0.29) is 6.10 Å². The zero-order chi connectivity index (χ0) is 6.85. The maximum atomic E-state index is 9.31. The fourth-order valence-electron chi connectivity index (χ4n) is 1.21. The van der Waals surface area contributed by atoms with Gasteiger partial charge in [-0.25, -0.2) is 0 Å². The second-order valence-electron chi connectivity index (χ2n) is 3.10. The molecule has 0 radical (unpaired) electrons. The monoisotopic (exact) mass is 129 g/mol. The molecule has 0 amide bonds. The number of rotatable bonds is 0. The summed E-state index contributed by atoms with van der Waals surface area (Å²) in [5.74, 6) is 0.501. The largest absolute Gasteiger partial charge is 0.392 e. The quantitative estimate of drug-likeness (QED) is 0.509. The number of piperidine rings is 1.